The zero-order valence-electron chi connectivity index (χ0n) is 13.6. The fourth-order valence-corrected chi connectivity index (χ4v) is 2.37. The number of esters is 1. The van der Waals surface area contributed by atoms with Crippen LogP contribution in [0, 0.1) is 0 Å². The van der Waals surface area contributed by atoms with Gasteiger partial charge < -0.3 is 14.4 Å². The zero-order chi connectivity index (χ0) is 16.5. The lowest BCUT2D eigenvalue weighted by molar-refractivity contribution is -0.147. The SMILES string of the molecule is CCN(CC(COc1ccccc1)OC(C)=O)c1ccccc1. The third-order valence-electron chi connectivity index (χ3n) is 3.44. The molecule has 0 aromatic heterocycles. The molecule has 0 aliphatic rings. The highest BCUT2D eigenvalue weighted by Gasteiger charge is 2.17. The van der Waals surface area contributed by atoms with Crippen molar-refractivity contribution in [2.75, 3.05) is 24.6 Å². The van der Waals surface area contributed by atoms with E-state index in [4.69, 9.17) is 9.47 Å². The molecule has 0 amide bonds. The fraction of sp³-hybridized carbons (Fsp3) is 0.316. The molecular formula is C19H23NO3. The van der Waals surface area contributed by atoms with Gasteiger partial charge in [0.05, 0.1) is 6.54 Å². The molecule has 122 valence electrons. The molecule has 4 heteroatoms. The standard InChI is InChI=1S/C19H23NO3/c1-3-20(17-10-6-4-7-11-17)14-19(23-16(2)21)15-22-18-12-8-5-9-13-18/h4-13,19H,3,14-15H2,1-2H3. The van der Waals surface area contributed by atoms with Crippen LogP contribution in [0.25, 0.3) is 0 Å². The molecule has 1 atom stereocenters. The van der Waals surface area contributed by atoms with E-state index < -0.39 is 0 Å². The summed E-state index contributed by atoms with van der Waals surface area (Å²) >= 11 is 0. The molecule has 23 heavy (non-hydrogen) atoms. The molecule has 2 aromatic rings. The number of carbonyl (C=O) groups is 1. The maximum absolute atomic E-state index is 11.4. The van der Waals surface area contributed by atoms with Crippen LogP contribution in [0.4, 0.5) is 5.69 Å². The summed E-state index contributed by atoms with van der Waals surface area (Å²) in [4.78, 5) is 13.5. The van der Waals surface area contributed by atoms with E-state index in [2.05, 4.69) is 11.8 Å². The van der Waals surface area contributed by atoms with E-state index in [1.54, 1.807) is 0 Å². The van der Waals surface area contributed by atoms with Crippen molar-refractivity contribution in [2.45, 2.75) is 20.0 Å². The van der Waals surface area contributed by atoms with E-state index in [9.17, 15) is 4.79 Å². The summed E-state index contributed by atoms with van der Waals surface area (Å²) in [6.07, 6.45) is -0.326. The Morgan fingerprint density at radius 3 is 2.22 bits per heavy atom. The van der Waals surface area contributed by atoms with Crippen LogP contribution in [0.5, 0.6) is 5.75 Å². The molecule has 2 rings (SSSR count). The van der Waals surface area contributed by atoms with Crippen molar-refractivity contribution in [3.8, 4) is 5.75 Å². The van der Waals surface area contributed by atoms with Crippen molar-refractivity contribution in [1.29, 1.82) is 0 Å². The molecule has 0 heterocycles. The van der Waals surface area contributed by atoms with Gasteiger partial charge in [-0.3, -0.25) is 4.79 Å². The Morgan fingerprint density at radius 2 is 1.65 bits per heavy atom. The molecule has 1 unspecified atom stereocenters. The quantitative estimate of drug-likeness (QED) is 0.699. The maximum Gasteiger partial charge on any atom is 0.303 e. The molecule has 0 aliphatic carbocycles. The summed E-state index contributed by atoms with van der Waals surface area (Å²) in [5.74, 6) is 0.475. The van der Waals surface area contributed by atoms with Gasteiger partial charge in [0.2, 0.25) is 0 Å². The largest absolute Gasteiger partial charge is 0.490 e. The van der Waals surface area contributed by atoms with Gasteiger partial charge in [-0.25, -0.2) is 0 Å². The second kappa shape index (κ2) is 8.83. The van der Waals surface area contributed by atoms with Gasteiger partial charge in [-0.1, -0.05) is 36.4 Å². The average Bonchev–Trinajstić information content (AvgIpc) is 2.58. The van der Waals surface area contributed by atoms with E-state index in [0.717, 1.165) is 18.0 Å². The van der Waals surface area contributed by atoms with Gasteiger partial charge in [0.15, 0.2) is 6.10 Å². The second-order valence-electron chi connectivity index (χ2n) is 5.23. The van der Waals surface area contributed by atoms with Crippen LogP contribution in [0.2, 0.25) is 0 Å². The van der Waals surface area contributed by atoms with Gasteiger partial charge in [-0.2, -0.15) is 0 Å². The van der Waals surface area contributed by atoms with Crippen molar-refractivity contribution in [3.05, 3.63) is 60.7 Å². The molecule has 0 saturated heterocycles. The van der Waals surface area contributed by atoms with Gasteiger partial charge in [-0.05, 0) is 31.2 Å². The lowest BCUT2D eigenvalue weighted by atomic mass is 10.2. The van der Waals surface area contributed by atoms with E-state index in [1.807, 2.05) is 60.7 Å². The molecule has 0 spiro atoms. The van der Waals surface area contributed by atoms with Gasteiger partial charge in [0.1, 0.15) is 12.4 Å². The summed E-state index contributed by atoms with van der Waals surface area (Å²) in [7, 11) is 0. The number of ether oxygens (including phenoxy) is 2. The lowest BCUT2D eigenvalue weighted by Crippen LogP contribution is -2.38. The first kappa shape index (κ1) is 16.9. The molecule has 0 aliphatic heterocycles. The monoisotopic (exact) mass is 313 g/mol. The Balaban J connectivity index is 2.00. The first-order chi connectivity index (χ1) is 11.2. The topological polar surface area (TPSA) is 38.8 Å². The van der Waals surface area contributed by atoms with Gasteiger partial charge in [0.25, 0.3) is 0 Å². The van der Waals surface area contributed by atoms with Crippen LogP contribution in [-0.2, 0) is 9.53 Å². The number of rotatable bonds is 8. The summed E-state index contributed by atoms with van der Waals surface area (Å²) < 4.78 is 11.2. The zero-order valence-corrected chi connectivity index (χ0v) is 13.6. The third kappa shape index (κ3) is 5.66. The van der Waals surface area contributed by atoms with Crippen molar-refractivity contribution < 1.29 is 14.3 Å². The molecule has 0 N–H and O–H groups in total. The summed E-state index contributed by atoms with van der Waals surface area (Å²) in [6, 6.07) is 19.6. The van der Waals surface area contributed by atoms with E-state index in [-0.39, 0.29) is 12.1 Å². The smallest absolute Gasteiger partial charge is 0.303 e. The molecular weight excluding hydrogens is 290 g/mol. The summed E-state index contributed by atoms with van der Waals surface area (Å²) in [6.45, 7) is 5.25. The maximum atomic E-state index is 11.4. The van der Waals surface area contributed by atoms with Crippen LogP contribution < -0.4 is 9.64 Å². The Kier molecular flexibility index (Phi) is 6.48. The van der Waals surface area contributed by atoms with Crippen LogP contribution in [-0.4, -0.2) is 31.8 Å². The average molecular weight is 313 g/mol. The summed E-state index contributed by atoms with van der Waals surface area (Å²) in [5, 5.41) is 0. The minimum Gasteiger partial charge on any atom is -0.490 e. The van der Waals surface area contributed by atoms with Crippen LogP contribution >= 0.6 is 0 Å². The first-order valence-electron chi connectivity index (χ1n) is 7.84. The number of nitrogens with zero attached hydrogens (tertiary/aromatic N) is 1. The lowest BCUT2D eigenvalue weighted by Gasteiger charge is -2.28. The highest BCUT2D eigenvalue weighted by atomic mass is 16.6. The third-order valence-corrected chi connectivity index (χ3v) is 3.44. The summed E-state index contributed by atoms with van der Waals surface area (Å²) in [5.41, 5.74) is 1.10. The minimum atomic E-state index is -0.326. The Morgan fingerprint density at radius 1 is 1.04 bits per heavy atom. The van der Waals surface area contributed by atoms with Gasteiger partial charge >= 0.3 is 5.97 Å². The Bertz CT molecular complexity index is 586. The van der Waals surface area contributed by atoms with Gasteiger partial charge in [-0.15, -0.1) is 0 Å². The fourth-order valence-electron chi connectivity index (χ4n) is 2.37. The first-order valence-corrected chi connectivity index (χ1v) is 7.84. The predicted octanol–water partition coefficient (Wildman–Crippen LogP) is 3.52. The Labute approximate surface area is 137 Å². The number of hydrogen-bond acceptors (Lipinski definition) is 4. The number of benzene rings is 2. The molecule has 2 aromatic carbocycles. The highest BCUT2D eigenvalue weighted by Crippen LogP contribution is 2.15. The van der Waals surface area contributed by atoms with Crippen LogP contribution in [0.1, 0.15) is 13.8 Å². The van der Waals surface area contributed by atoms with Crippen LogP contribution in [0.3, 0.4) is 0 Å². The number of anilines is 1. The number of likely N-dealkylation sites (N-methyl/N-ethyl adjacent to an activating group) is 1. The van der Waals surface area contributed by atoms with E-state index in [0.29, 0.717) is 13.2 Å². The molecule has 0 fully saturated rings. The normalized spacial score (nSPS) is 11.6. The van der Waals surface area contributed by atoms with E-state index in [1.165, 1.54) is 6.92 Å². The molecule has 0 bridgehead atoms. The molecule has 4 nitrogen and oxygen atoms in total. The van der Waals surface area contributed by atoms with Crippen molar-refractivity contribution >= 4 is 11.7 Å². The Hall–Kier alpha value is -2.49. The van der Waals surface area contributed by atoms with Crippen LogP contribution in [0.15, 0.2) is 60.7 Å². The number of para-hydroxylation sites is 2. The number of hydrogen-bond donors (Lipinski definition) is 0. The molecule has 0 saturated carbocycles. The van der Waals surface area contributed by atoms with Gasteiger partial charge in [0, 0.05) is 19.2 Å². The van der Waals surface area contributed by atoms with Crippen molar-refractivity contribution in [1.82, 2.24) is 0 Å². The minimum absolute atomic E-state index is 0.296. The van der Waals surface area contributed by atoms with Crippen molar-refractivity contribution in [3.63, 3.8) is 0 Å². The second-order valence-corrected chi connectivity index (χ2v) is 5.23. The van der Waals surface area contributed by atoms with Crippen molar-refractivity contribution in [2.24, 2.45) is 0 Å². The predicted molar refractivity (Wildman–Crippen MR) is 91.8 cm³/mol. The number of carbonyl (C=O) groups excluding carboxylic acids is 1. The highest BCUT2D eigenvalue weighted by molar-refractivity contribution is 5.66. The molecule has 0 radical (unpaired) electrons. The van der Waals surface area contributed by atoms with E-state index >= 15 is 0 Å².